The molecule has 1 saturated heterocycles. The van der Waals surface area contributed by atoms with Crippen LogP contribution in [0.15, 0.2) is 5.11 Å². The van der Waals surface area contributed by atoms with Gasteiger partial charge in [-0.25, -0.2) is 0 Å². The van der Waals surface area contributed by atoms with Crippen LogP contribution >= 0.6 is 34.8 Å². The fourth-order valence-corrected chi connectivity index (χ4v) is 2.38. The third-order valence-electron chi connectivity index (χ3n) is 3.29. The van der Waals surface area contributed by atoms with Crippen LogP contribution in [0.25, 0.3) is 10.4 Å². The second-order valence-electron chi connectivity index (χ2n) is 4.89. The highest BCUT2D eigenvalue weighted by molar-refractivity contribution is 6.76. The average Bonchev–Trinajstić information content (AvgIpc) is 2.53. The maximum absolute atomic E-state index is 11.1. The van der Waals surface area contributed by atoms with Crippen LogP contribution in [-0.2, 0) is 28.5 Å². The van der Waals surface area contributed by atoms with Gasteiger partial charge in [-0.3, -0.25) is 10.2 Å². The number of methoxy groups -OCH3 is 2. The van der Waals surface area contributed by atoms with E-state index in [0.717, 1.165) is 0 Å². The van der Waals surface area contributed by atoms with Crippen molar-refractivity contribution in [2.45, 2.75) is 41.4 Å². The molecule has 0 bridgehead atoms. The summed E-state index contributed by atoms with van der Waals surface area (Å²) in [6, 6.07) is -1.05. The van der Waals surface area contributed by atoms with Gasteiger partial charge in [0.15, 0.2) is 0 Å². The first-order chi connectivity index (χ1) is 11.6. The van der Waals surface area contributed by atoms with E-state index in [0.29, 0.717) is 0 Å². The highest BCUT2D eigenvalue weighted by atomic mass is 35.6. The van der Waals surface area contributed by atoms with Gasteiger partial charge in [-0.05, 0) is 5.53 Å². The number of esters is 1. The number of azide groups is 1. The smallest absolute Gasteiger partial charge is 0.302 e. The van der Waals surface area contributed by atoms with Crippen molar-refractivity contribution in [2.24, 2.45) is 5.11 Å². The maximum Gasteiger partial charge on any atom is 0.302 e. The molecule has 0 aliphatic carbocycles. The Kier molecular flexibility index (Phi) is 8.49. The summed E-state index contributed by atoms with van der Waals surface area (Å²) in [5, 5.41) is 11.2. The quantitative estimate of drug-likeness (QED) is 0.133. The molecule has 13 heteroatoms. The van der Waals surface area contributed by atoms with Crippen molar-refractivity contribution in [1.29, 1.82) is 5.41 Å². The van der Waals surface area contributed by atoms with E-state index in [-0.39, 0.29) is 6.61 Å². The normalized spacial score (nSPS) is 29.4. The van der Waals surface area contributed by atoms with Gasteiger partial charge in [0.2, 0.25) is 12.2 Å². The van der Waals surface area contributed by atoms with Crippen LogP contribution in [0.5, 0.6) is 0 Å². The Hall–Kier alpha value is -1.00. The minimum Gasteiger partial charge on any atom is -0.463 e. The van der Waals surface area contributed by atoms with Gasteiger partial charge in [-0.15, -0.1) is 0 Å². The molecule has 0 spiro atoms. The molecule has 0 aromatic heterocycles. The number of nitrogens with one attached hydrogen (secondary N) is 1. The van der Waals surface area contributed by atoms with Crippen LogP contribution in [0.2, 0.25) is 0 Å². The number of carbonyl (C=O) groups is 1. The Bertz CT molecular complexity index is 539. The molecule has 0 amide bonds. The van der Waals surface area contributed by atoms with Crippen LogP contribution < -0.4 is 0 Å². The number of hydrogen-bond donors (Lipinski definition) is 1. The van der Waals surface area contributed by atoms with E-state index in [1.54, 1.807) is 0 Å². The molecule has 1 fully saturated rings. The molecule has 0 saturated carbocycles. The zero-order chi connectivity index (χ0) is 19.2. The molecule has 1 heterocycles. The Labute approximate surface area is 158 Å². The molecule has 25 heavy (non-hydrogen) atoms. The molecule has 0 aromatic carbocycles. The van der Waals surface area contributed by atoms with Crippen molar-refractivity contribution in [2.75, 3.05) is 20.8 Å². The number of ether oxygens (including phenoxy) is 5. The summed E-state index contributed by atoms with van der Waals surface area (Å²) >= 11 is 16.8. The van der Waals surface area contributed by atoms with Gasteiger partial charge < -0.3 is 23.7 Å². The van der Waals surface area contributed by atoms with Crippen molar-refractivity contribution in [3.8, 4) is 0 Å². The summed E-state index contributed by atoms with van der Waals surface area (Å²) in [4.78, 5) is 13.8. The summed E-state index contributed by atoms with van der Waals surface area (Å²) in [5.41, 5.74) is 8.79. The highest BCUT2D eigenvalue weighted by Gasteiger charge is 2.49. The molecule has 3 unspecified atom stereocenters. The Morgan fingerprint density at radius 2 is 1.92 bits per heavy atom. The van der Waals surface area contributed by atoms with Crippen LogP contribution in [-0.4, -0.2) is 67.1 Å². The van der Waals surface area contributed by atoms with Crippen molar-refractivity contribution in [1.82, 2.24) is 0 Å². The molecular weight excluding hydrogens is 403 g/mol. The molecule has 1 aliphatic heterocycles. The fourth-order valence-electron chi connectivity index (χ4n) is 2.24. The number of nitrogens with zero attached hydrogens (tertiary/aromatic N) is 3. The number of alkyl halides is 3. The molecule has 1 N–H and O–H groups in total. The first-order valence-electron chi connectivity index (χ1n) is 6.86. The van der Waals surface area contributed by atoms with Gasteiger partial charge in [0.1, 0.15) is 31.0 Å². The molecule has 1 aliphatic rings. The van der Waals surface area contributed by atoms with E-state index in [4.69, 9.17) is 69.4 Å². The summed E-state index contributed by atoms with van der Waals surface area (Å²) < 4.78 is 24.3. The monoisotopic (exact) mass is 418 g/mol. The summed E-state index contributed by atoms with van der Waals surface area (Å²) in [5.74, 6) is -1.27. The minimum atomic E-state index is -2.14. The first-order valence-corrected chi connectivity index (χ1v) is 8.00. The third kappa shape index (κ3) is 6.03. The average molecular weight is 420 g/mol. The van der Waals surface area contributed by atoms with Gasteiger partial charge >= 0.3 is 5.97 Å². The first kappa shape index (κ1) is 22.0. The van der Waals surface area contributed by atoms with E-state index in [1.165, 1.54) is 21.1 Å². The van der Waals surface area contributed by atoms with Gasteiger partial charge in [-0.2, -0.15) is 0 Å². The predicted molar refractivity (Wildman–Crippen MR) is 88.9 cm³/mol. The Balaban J connectivity index is 3.10. The van der Waals surface area contributed by atoms with Gasteiger partial charge in [-0.1, -0.05) is 39.9 Å². The van der Waals surface area contributed by atoms with Crippen LogP contribution in [0.3, 0.4) is 0 Å². The fraction of sp³-hybridized carbons (Fsp3) is 0.833. The topological polar surface area (TPSA) is 136 Å². The van der Waals surface area contributed by atoms with E-state index >= 15 is 0 Å². The van der Waals surface area contributed by atoms with Crippen molar-refractivity contribution in [3.05, 3.63) is 10.4 Å². The van der Waals surface area contributed by atoms with Crippen molar-refractivity contribution < 1.29 is 28.5 Å². The van der Waals surface area contributed by atoms with E-state index < -0.39 is 46.3 Å². The molecule has 10 nitrogen and oxygen atoms in total. The second-order valence-corrected chi connectivity index (χ2v) is 7.17. The van der Waals surface area contributed by atoms with E-state index in [1.807, 2.05) is 0 Å². The highest BCUT2D eigenvalue weighted by Crippen LogP contribution is 2.33. The SMILES string of the molecule is CO[C@H]1C(COC(C)=O)OC(OC(=N)C(Cl)(Cl)Cl)C(N=[N+]=[N-])[C@@H]1OC. The van der Waals surface area contributed by atoms with Crippen molar-refractivity contribution in [3.63, 3.8) is 0 Å². The minimum absolute atomic E-state index is 0.183. The summed E-state index contributed by atoms with van der Waals surface area (Å²) in [7, 11) is 2.75. The number of halogens is 3. The van der Waals surface area contributed by atoms with E-state index in [9.17, 15) is 4.79 Å². The molecular formula is C12H17Cl3N4O6. The van der Waals surface area contributed by atoms with E-state index in [2.05, 4.69) is 10.0 Å². The number of rotatable bonds is 6. The molecule has 1 rings (SSSR count). The maximum atomic E-state index is 11.1. The number of carbonyl (C=O) groups excluding carboxylic acids is 1. The lowest BCUT2D eigenvalue weighted by molar-refractivity contribution is -0.255. The van der Waals surface area contributed by atoms with Crippen LogP contribution in [0.4, 0.5) is 0 Å². The lowest BCUT2D eigenvalue weighted by Gasteiger charge is -2.43. The summed E-state index contributed by atoms with van der Waals surface area (Å²) in [6.45, 7) is 1.05. The van der Waals surface area contributed by atoms with Gasteiger partial charge in [0, 0.05) is 26.1 Å². The van der Waals surface area contributed by atoms with Crippen LogP contribution in [0, 0.1) is 5.41 Å². The lowest BCUT2D eigenvalue weighted by atomic mass is 9.97. The third-order valence-corrected chi connectivity index (χ3v) is 3.80. The van der Waals surface area contributed by atoms with Gasteiger partial charge in [0.05, 0.1) is 0 Å². The zero-order valence-electron chi connectivity index (χ0n) is 13.5. The molecule has 142 valence electrons. The van der Waals surface area contributed by atoms with Crippen LogP contribution in [0.1, 0.15) is 6.92 Å². The molecule has 0 radical (unpaired) electrons. The summed E-state index contributed by atoms with van der Waals surface area (Å²) in [6.07, 6.45) is -3.74. The lowest BCUT2D eigenvalue weighted by Crippen LogP contribution is -2.60. The largest absolute Gasteiger partial charge is 0.463 e. The standard InChI is InChI=1S/C12H17Cl3N4O6/c1-5(20)23-4-6-8(21-2)9(22-3)7(18-19-17)10(24-6)25-11(16)12(13,14)15/h6-10,16H,4H2,1-3H3/t6?,7?,8-,9-,10?/m0/s1. The van der Waals surface area contributed by atoms with Crippen molar-refractivity contribution >= 4 is 46.7 Å². The van der Waals surface area contributed by atoms with Gasteiger partial charge in [0.25, 0.3) is 3.79 Å². The second kappa shape index (κ2) is 9.63. The number of hydrogen-bond acceptors (Lipinski definition) is 8. The predicted octanol–water partition coefficient (Wildman–Crippen LogP) is 2.35. The molecule has 0 aromatic rings. The Morgan fingerprint density at radius 3 is 2.36 bits per heavy atom. The Morgan fingerprint density at radius 1 is 1.32 bits per heavy atom. The zero-order valence-corrected chi connectivity index (χ0v) is 15.8. The molecule has 5 atom stereocenters.